The highest BCUT2D eigenvalue weighted by Gasteiger charge is 2.28. The van der Waals surface area contributed by atoms with Gasteiger partial charge in [0.25, 0.3) is 11.8 Å². The number of rotatable bonds is 9. The van der Waals surface area contributed by atoms with Crippen LogP contribution in [0.1, 0.15) is 54.4 Å². The normalized spacial score (nSPS) is 12.3. The summed E-state index contributed by atoms with van der Waals surface area (Å²) in [7, 11) is 0. The van der Waals surface area contributed by atoms with Crippen molar-refractivity contribution < 1.29 is 9.59 Å². The first kappa shape index (κ1) is 26.4. The molecular weight excluding hydrogens is 536 g/mol. The van der Waals surface area contributed by atoms with Crippen LogP contribution in [0.3, 0.4) is 0 Å². The lowest BCUT2D eigenvalue weighted by Gasteiger charge is -2.11. The van der Waals surface area contributed by atoms with Gasteiger partial charge in [0.05, 0.1) is 16.8 Å². The Kier molecular flexibility index (Phi) is 8.42. The van der Waals surface area contributed by atoms with Crippen LogP contribution in [-0.4, -0.2) is 28.3 Å². The minimum Gasteiger partial charge on any atom is -0.352 e. The number of halogens is 1. The Labute approximate surface area is 235 Å². The average molecular weight is 563 g/mol. The van der Waals surface area contributed by atoms with Gasteiger partial charge in [-0.05, 0) is 54.9 Å². The molecule has 9 heteroatoms. The zero-order chi connectivity index (χ0) is 26.5. The molecule has 194 valence electrons. The molecule has 0 bridgehead atoms. The number of fused-ring (bicyclic) bond motifs is 1. The molecule has 0 saturated heterocycles. The quantitative estimate of drug-likeness (QED) is 0.179. The van der Waals surface area contributed by atoms with Crippen molar-refractivity contribution in [3.8, 4) is 0 Å². The molecule has 2 heterocycles. The highest BCUT2D eigenvalue weighted by Crippen LogP contribution is 2.39. The smallest absolute Gasteiger partial charge is 0.276 e. The molecule has 5 rings (SSSR count). The largest absolute Gasteiger partial charge is 0.352 e. The molecule has 6 nitrogen and oxygen atoms in total. The van der Waals surface area contributed by atoms with E-state index in [4.69, 9.17) is 11.6 Å². The van der Waals surface area contributed by atoms with Crippen molar-refractivity contribution >= 4 is 51.5 Å². The van der Waals surface area contributed by atoms with Crippen molar-refractivity contribution in [1.29, 1.82) is 0 Å². The highest BCUT2D eigenvalue weighted by atomic mass is 35.5. The van der Waals surface area contributed by atoms with Gasteiger partial charge in [-0.25, -0.2) is 9.97 Å². The summed E-state index contributed by atoms with van der Waals surface area (Å²) in [6.45, 7) is 2.57. The summed E-state index contributed by atoms with van der Waals surface area (Å²) in [5.41, 5.74) is 5.21. The van der Waals surface area contributed by atoms with Gasteiger partial charge in [-0.15, -0.1) is 11.3 Å². The molecule has 0 aliphatic heterocycles. The van der Waals surface area contributed by atoms with Gasteiger partial charge in [0.2, 0.25) is 0 Å². The fraction of sp³-hybridized carbons (Fsp3) is 0.241. The molecule has 0 unspecified atom stereocenters. The zero-order valence-electron chi connectivity index (χ0n) is 20.9. The van der Waals surface area contributed by atoms with Crippen LogP contribution in [0, 0.1) is 6.92 Å². The molecule has 2 aromatic carbocycles. The van der Waals surface area contributed by atoms with Crippen LogP contribution in [0.2, 0.25) is 5.02 Å². The molecule has 0 saturated carbocycles. The van der Waals surface area contributed by atoms with E-state index in [9.17, 15) is 9.59 Å². The zero-order valence-corrected chi connectivity index (χ0v) is 23.3. The monoisotopic (exact) mass is 562 g/mol. The van der Waals surface area contributed by atoms with E-state index >= 15 is 0 Å². The molecule has 1 aliphatic rings. The van der Waals surface area contributed by atoms with Crippen LogP contribution in [-0.2, 0) is 25.0 Å². The summed E-state index contributed by atoms with van der Waals surface area (Å²) in [4.78, 5) is 36.4. The molecule has 38 heavy (non-hydrogen) atoms. The number of aromatic nitrogens is 2. The van der Waals surface area contributed by atoms with Crippen LogP contribution in [0.4, 0.5) is 5.00 Å². The predicted octanol–water partition coefficient (Wildman–Crippen LogP) is 6.51. The van der Waals surface area contributed by atoms with Crippen molar-refractivity contribution in [2.75, 3.05) is 11.9 Å². The lowest BCUT2D eigenvalue weighted by Crippen LogP contribution is -2.27. The molecule has 4 aromatic rings. The highest BCUT2D eigenvalue weighted by molar-refractivity contribution is 7.98. The second kappa shape index (κ2) is 12.1. The number of nitrogens with one attached hydrogen (secondary N) is 2. The summed E-state index contributed by atoms with van der Waals surface area (Å²) >= 11 is 9.24. The van der Waals surface area contributed by atoms with Gasteiger partial charge in [0, 0.05) is 17.2 Å². The Balaban J connectivity index is 1.30. The van der Waals surface area contributed by atoms with Crippen LogP contribution in [0.25, 0.3) is 0 Å². The third-order valence-electron chi connectivity index (χ3n) is 6.47. The Hall–Kier alpha value is -3.20. The summed E-state index contributed by atoms with van der Waals surface area (Å²) in [5, 5.41) is 7.14. The van der Waals surface area contributed by atoms with E-state index in [2.05, 4.69) is 39.7 Å². The number of thiophene rings is 1. The Morgan fingerprint density at radius 3 is 2.66 bits per heavy atom. The van der Waals surface area contributed by atoms with E-state index < -0.39 is 5.91 Å². The van der Waals surface area contributed by atoms with Gasteiger partial charge in [0.1, 0.15) is 5.00 Å². The van der Waals surface area contributed by atoms with Crippen molar-refractivity contribution in [2.45, 2.75) is 43.5 Å². The van der Waals surface area contributed by atoms with Crippen LogP contribution < -0.4 is 10.6 Å². The predicted molar refractivity (Wildman–Crippen MR) is 155 cm³/mol. The van der Waals surface area contributed by atoms with Crippen LogP contribution >= 0.6 is 34.7 Å². The first-order valence-electron chi connectivity index (χ1n) is 12.5. The van der Waals surface area contributed by atoms with E-state index in [0.717, 1.165) is 41.7 Å². The number of benzene rings is 2. The van der Waals surface area contributed by atoms with E-state index in [1.54, 1.807) is 0 Å². The second-order valence-electron chi connectivity index (χ2n) is 9.07. The summed E-state index contributed by atoms with van der Waals surface area (Å²) in [6.07, 6.45) is 4.94. The summed E-state index contributed by atoms with van der Waals surface area (Å²) in [6, 6.07) is 18.2. The second-order valence-corrected chi connectivity index (χ2v) is 11.5. The van der Waals surface area contributed by atoms with Crippen LogP contribution in [0.5, 0.6) is 0 Å². The molecule has 1 aliphatic carbocycles. The number of carbonyl (C=O) groups is 2. The minimum absolute atomic E-state index is 0.0953. The van der Waals surface area contributed by atoms with Gasteiger partial charge in [0.15, 0.2) is 10.9 Å². The van der Waals surface area contributed by atoms with Gasteiger partial charge in [-0.2, -0.15) is 0 Å². The number of nitrogens with zero attached hydrogens (tertiary/aromatic N) is 2. The van der Waals surface area contributed by atoms with Gasteiger partial charge in [-0.1, -0.05) is 78.0 Å². The number of thioether (sulfide) groups is 1. The van der Waals surface area contributed by atoms with E-state index in [0.29, 0.717) is 28.0 Å². The Morgan fingerprint density at radius 2 is 1.84 bits per heavy atom. The van der Waals surface area contributed by atoms with E-state index in [1.807, 2.05) is 42.5 Å². The molecule has 0 atom stereocenters. The maximum atomic E-state index is 13.3. The van der Waals surface area contributed by atoms with Crippen LogP contribution in [0.15, 0.2) is 66.0 Å². The molecule has 2 amide bonds. The first-order chi connectivity index (χ1) is 18.5. The molecular formula is C29H27ClN4O2S2. The van der Waals surface area contributed by atoms with Gasteiger partial charge in [-0.3, -0.25) is 9.59 Å². The van der Waals surface area contributed by atoms with Crippen molar-refractivity contribution in [2.24, 2.45) is 0 Å². The molecule has 0 spiro atoms. The lowest BCUT2D eigenvalue weighted by molar-refractivity contribution is 0.0954. The average Bonchev–Trinajstić information content (AvgIpc) is 3.50. The number of amides is 2. The molecule has 0 fully saturated rings. The summed E-state index contributed by atoms with van der Waals surface area (Å²) < 4.78 is 0. The standard InChI is InChI=1S/C29H27ClN4O2S2/c1-18-8-5-6-11-20(18)17-37-29-32-16-22(30)25(33-29)27(36)34-28-24(21-12-7-13-23(21)38-28)26(35)31-15-14-19-9-3-2-4-10-19/h2-6,8-11,16H,7,12-15,17H2,1H3,(H,31,35)(H,34,36). The number of hydrogen-bond donors (Lipinski definition) is 2. The van der Waals surface area contributed by atoms with E-state index in [1.165, 1.54) is 40.4 Å². The molecule has 0 radical (unpaired) electrons. The molecule has 2 N–H and O–H groups in total. The summed E-state index contributed by atoms with van der Waals surface area (Å²) in [5.74, 6) is 0.0626. The SMILES string of the molecule is Cc1ccccc1CSc1ncc(Cl)c(C(=O)Nc2sc3c(c2C(=O)NCCc2ccccc2)CCC3)n1. The lowest BCUT2D eigenvalue weighted by atomic mass is 10.1. The van der Waals surface area contributed by atoms with E-state index in [-0.39, 0.29) is 16.6 Å². The number of carbonyl (C=O) groups excluding carboxylic acids is 2. The first-order valence-corrected chi connectivity index (χ1v) is 14.7. The van der Waals surface area contributed by atoms with Gasteiger partial charge >= 0.3 is 0 Å². The maximum absolute atomic E-state index is 13.3. The third kappa shape index (κ3) is 6.09. The minimum atomic E-state index is -0.451. The molecule has 2 aromatic heterocycles. The Morgan fingerprint density at radius 1 is 1.05 bits per heavy atom. The van der Waals surface area contributed by atoms with Crippen molar-refractivity contribution in [1.82, 2.24) is 15.3 Å². The number of anilines is 1. The Bertz CT molecular complexity index is 1470. The fourth-order valence-electron chi connectivity index (χ4n) is 4.44. The number of hydrogen-bond acceptors (Lipinski definition) is 6. The topological polar surface area (TPSA) is 84.0 Å². The third-order valence-corrected chi connectivity index (χ3v) is 8.87. The number of aryl methyl sites for hydroxylation is 2. The fourth-order valence-corrected chi connectivity index (χ4v) is 6.79. The maximum Gasteiger partial charge on any atom is 0.276 e. The van der Waals surface area contributed by atoms with Crippen molar-refractivity contribution in [3.05, 3.63) is 104 Å². The van der Waals surface area contributed by atoms with Gasteiger partial charge < -0.3 is 10.6 Å². The van der Waals surface area contributed by atoms with Crippen molar-refractivity contribution in [3.63, 3.8) is 0 Å².